The van der Waals surface area contributed by atoms with Crippen molar-refractivity contribution >= 4 is 33.7 Å². The Kier molecular flexibility index (Phi) is 5.65. The Hall–Kier alpha value is -2.88. The van der Waals surface area contributed by atoms with E-state index in [9.17, 15) is 32.7 Å². The average Bonchev–Trinajstić information content (AvgIpc) is 2.98. The van der Waals surface area contributed by atoms with Gasteiger partial charge in [0.1, 0.15) is 17.8 Å². The maximum atomic E-state index is 12.8. The van der Waals surface area contributed by atoms with Crippen molar-refractivity contribution < 1.29 is 37.4 Å². The molecule has 0 spiro atoms. The van der Waals surface area contributed by atoms with Crippen LogP contribution in [0.2, 0.25) is 0 Å². The number of carbonyl (C=O) groups excluding carboxylic acids is 3. The molecule has 1 aliphatic heterocycles. The van der Waals surface area contributed by atoms with E-state index < -0.39 is 41.9 Å². The van der Waals surface area contributed by atoms with Crippen LogP contribution in [0.4, 0.5) is 18.0 Å². The molecule has 0 aromatic heterocycles. The molecule has 2 aromatic carbocycles. The molecule has 1 heterocycles. The second kappa shape index (κ2) is 7.86. The van der Waals surface area contributed by atoms with Gasteiger partial charge < -0.3 is 14.6 Å². The number of carbonyl (C=O) groups is 3. The monoisotopic (exact) mass is 470 g/mol. The van der Waals surface area contributed by atoms with Crippen LogP contribution in [-0.4, -0.2) is 29.0 Å². The summed E-state index contributed by atoms with van der Waals surface area (Å²) >= 11 is 3.22. The Morgan fingerprint density at radius 1 is 1.10 bits per heavy atom. The van der Waals surface area contributed by atoms with Gasteiger partial charge in [-0.15, -0.1) is 13.2 Å². The topological polar surface area (TPSA) is 86.7 Å². The van der Waals surface area contributed by atoms with E-state index in [4.69, 9.17) is 0 Å². The number of ketones is 1. The first-order valence-electron chi connectivity index (χ1n) is 8.27. The number of benzene rings is 2. The first-order chi connectivity index (χ1) is 13.6. The second-order valence-corrected chi connectivity index (χ2v) is 7.09. The molecule has 0 bridgehead atoms. The van der Waals surface area contributed by atoms with E-state index in [2.05, 4.69) is 20.7 Å². The minimum atomic E-state index is -4.87. The Morgan fingerprint density at radius 2 is 1.72 bits per heavy atom. The third-order valence-corrected chi connectivity index (χ3v) is 5.15. The Morgan fingerprint density at radius 3 is 2.28 bits per heavy atom. The van der Waals surface area contributed by atoms with E-state index in [1.165, 1.54) is 18.2 Å². The van der Waals surface area contributed by atoms with Crippen LogP contribution >= 0.6 is 15.9 Å². The summed E-state index contributed by atoms with van der Waals surface area (Å²) in [6, 6.07) is 9.75. The SMILES string of the molecule is O=C(c1ccccc1Br)C1CC(c2ccc(OC(F)(F)F)cc2)N(C(=O)[O-])C1=O. The number of ether oxygens (including phenoxy) is 1. The van der Waals surface area contributed by atoms with E-state index in [0.717, 1.165) is 12.1 Å². The van der Waals surface area contributed by atoms with Crippen LogP contribution in [-0.2, 0) is 4.79 Å². The molecule has 2 amide bonds. The number of carboxylic acid groups (broad SMARTS) is 1. The van der Waals surface area contributed by atoms with E-state index >= 15 is 0 Å². The zero-order valence-corrected chi connectivity index (χ0v) is 16.1. The van der Waals surface area contributed by atoms with Gasteiger partial charge >= 0.3 is 6.36 Å². The standard InChI is InChI=1S/C19H13BrF3NO5/c20-14-4-2-1-3-12(14)16(25)13-9-15(24(17(13)26)18(27)28)10-5-7-11(8-6-10)29-19(21,22)23/h1-8,13,15H,9H2,(H,27,28)/p-1. The molecule has 2 aromatic rings. The lowest BCUT2D eigenvalue weighted by molar-refractivity contribution is -0.274. The largest absolute Gasteiger partial charge is 0.573 e. The maximum Gasteiger partial charge on any atom is 0.573 e. The van der Waals surface area contributed by atoms with Crippen molar-refractivity contribution in [2.75, 3.05) is 0 Å². The molecule has 0 N–H and O–H groups in total. The lowest BCUT2D eigenvalue weighted by Crippen LogP contribution is -2.44. The van der Waals surface area contributed by atoms with Gasteiger partial charge in [0.25, 0.3) is 0 Å². The van der Waals surface area contributed by atoms with Crippen molar-refractivity contribution in [2.45, 2.75) is 18.8 Å². The number of hydrogen-bond acceptors (Lipinski definition) is 5. The highest BCUT2D eigenvalue weighted by Gasteiger charge is 2.45. The number of alkyl halides is 3. The average molecular weight is 471 g/mol. The van der Waals surface area contributed by atoms with Crippen molar-refractivity contribution in [1.29, 1.82) is 0 Å². The lowest BCUT2D eigenvalue weighted by atomic mass is 9.92. The fraction of sp³-hybridized carbons (Fsp3) is 0.211. The summed E-state index contributed by atoms with van der Waals surface area (Å²) in [5.41, 5.74) is 0.457. The summed E-state index contributed by atoms with van der Waals surface area (Å²) in [5.74, 6) is -3.26. The van der Waals surface area contributed by atoms with Crippen LogP contribution in [0, 0.1) is 5.92 Å². The zero-order valence-electron chi connectivity index (χ0n) is 14.5. The van der Waals surface area contributed by atoms with Gasteiger partial charge in [-0.1, -0.05) is 46.3 Å². The number of amides is 2. The van der Waals surface area contributed by atoms with Gasteiger partial charge in [0, 0.05) is 10.0 Å². The third kappa shape index (κ3) is 4.42. The highest BCUT2D eigenvalue weighted by Crippen LogP contribution is 2.39. The molecule has 29 heavy (non-hydrogen) atoms. The van der Waals surface area contributed by atoms with E-state index in [-0.39, 0.29) is 17.5 Å². The van der Waals surface area contributed by atoms with Gasteiger partial charge in [-0.25, -0.2) is 0 Å². The summed E-state index contributed by atoms with van der Waals surface area (Å²) in [6.07, 6.45) is -6.83. The van der Waals surface area contributed by atoms with Gasteiger partial charge in [-0.05, 0) is 30.2 Å². The molecule has 2 unspecified atom stereocenters. The van der Waals surface area contributed by atoms with Gasteiger partial charge in [-0.3, -0.25) is 14.5 Å². The van der Waals surface area contributed by atoms with Crippen LogP contribution in [0.25, 0.3) is 0 Å². The summed E-state index contributed by atoms with van der Waals surface area (Å²) in [6.45, 7) is 0. The molecule has 1 fully saturated rings. The van der Waals surface area contributed by atoms with Gasteiger partial charge in [0.15, 0.2) is 5.78 Å². The molecular formula is C19H12BrF3NO5-. The minimum absolute atomic E-state index is 0.160. The van der Waals surface area contributed by atoms with E-state index in [1.807, 2.05) is 0 Å². The normalized spacial score (nSPS) is 19.3. The molecule has 1 saturated heterocycles. The second-order valence-electron chi connectivity index (χ2n) is 6.24. The van der Waals surface area contributed by atoms with E-state index in [0.29, 0.717) is 9.37 Å². The predicted molar refractivity (Wildman–Crippen MR) is 94.7 cm³/mol. The number of nitrogens with zero attached hydrogens (tertiary/aromatic N) is 1. The van der Waals surface area contributed by atoms with Crippen LogP contribution in [0.5, 0.6) is 5.75 Å². The van der Waals surface area contributed by atoms with Crippen molar-refractivity contribution in [3.63, 3.8) is 0 Å². The fourth-order valence-electron chi connectivity index (χ4n) is 3.21. The van der Waals surface area contributed by atoms with Crippen LogP contribution in [0.15, 0.2) is 53.0 Å². The Bertz CT molecular complexity index is 961. The van der Waals surface area contributed by atoms with Crippen molar-refractivity contribution in [2.24, 2.45) is 5.92 Å². The van der Waals surface area contributed by atoms with Gasteiger partial charge in [0.05, 0.1) is 6.04 Å². The lowest BCUT2D eigenvalue weighted by Gasteiger charge is -2.25. The first kappa shape index (κ1) is 20.8. The molecule has 0 radical (unpaired) electrons. The molecule has 0 saturated carbocycles. The Labute approximate surface area is 171 Å². The third-order valence-electron chi connectivity index (χ3n) is 4.46. The minimum Gasteiger partial charge on any atom is -0.530 e. The Balaban J connectivity index is 1.89. The number of hydrogen-bond donors (Lipinski definition) is 0. The molecule has 0 aliphatic carbocycles. The molecule has 2 atom stereocenters. The number of likely N-dealkylation sites (tertiary alicyclic amines) is 1. The quantitative estimate of drug-likeness (QED) is 0.504. The van der Waals surface area contributed by atoms with Crippen molar-refractivity contribution in [3.05, 3.63) is 64.1 Å². The number of Topliss-reactive ketones (excluding diaryl/α,β-unsaturated/α-hetero) is 1. The highest BCUT2D eigenvalue weighted by molar-refractivity contribution is 9.10. The van der Waals surface area contributed by atoms with Gasteiger partial charge in [-0.2, -0.15) is 0 Å². The summed E-state index contributed by atoms with van der Waals surface area (Å²) in [4.78, 5) is 37.4. The van der Waals surface area contributed by atoms with Crippen molar-refractivity contribution in [1.82, 2.24) is 4.90 Å². The molecule has 1 aliphatic rings. The first-order valence-corrected chi connectivity index (χ1v) is 9.06. The fourth-order valence-corrected chi connectivity index (χ4v) is 3.69. The van der Waals surface area contributed by atoms with Crippen LogP contribution < -0.4 is 9.84 Å². The van der Waals surface area contributed by atoms with Crippen LogP contribution in [0.1, 0.15) is 28.4 Å². The molecule has 6 nitrogen and oxygen atoms in total. The van der Waals surface area contributed by atoms with Crippen molar-refractivity contribution in [3.8, 4) is 5.75 Å². The number of halogens is 4. The molecule has 152 valence electrons. The number of rotatable bonds is 4. The number of imide groups is 1. The molecule has 3 rings (SSSR count). The maximum absolute atomic E-state index is 12.8. The van der Waals surface area contributed by atoms with Crippen LogP contribution in [0.3, 0.4) is 0 Å². The molecular weight excluding hydrogens is 459 g/mol. The smallest absolute Gasteiger partial charge is 0.530 e. The summed E-state index contributed by atoms with van der Waals surface area (Å²) in [7, 11) is 0. The summed E-state index contributed by atoms with van der Waals surface area (Å²) < 4.78 is 41.1. The highest BCUT2D eigenvalue weighted by atomic mass is 79.9. The predicted octanol–water partition coefficient (Wildman–Crippen LogP) is 3.46. The zero-order chi connectivity index (χ0) is 21.3. The summed E-state index contributed by atoms with van der Waals surface area (Å²) in [5, 5.41) is 11.5. The molecule has 10 heteroatoms. The van der Waals surface area contributed by atoms with Gasteiger partial charge in [0.2, 0.25) is 5.91 Å². The van der Waals surface area contributed by atoms with E-state index in [1.54, 1.807) is 18.2 Å².